The third-order valence-corrected chi connectivity index (χ3v) is 5.47. The molecule has 1 atom stereocenters. The second-order valence-corrected chi connectivity index (χ2v) is 7.25. The third-order valence-electron chi connectivity index (χ3n) is 4.75. The molecule has 0 saturated heterocycles. The molecule has 0 fully saturated rings. The molecule has 3 heterocycles. The maximum absolute atomic E-state index is 13.0. The van der Waals surface area contributed by atoms with Gasteiger partial charge in [-0.2, -0.15) is 15.4 Å². The van der Waals surface area contributed by atoms with Gasteiger partial charge in [0.15, 0.2) is 0 Å². The van der Waals surface area contributed by atoms with E-state index in [1.165, 1.54) is 0 Å². The van der Waals surface area contributed by atoms with Crippen LogP contribution < -0.4 is 0 Å². The molecule has 1 aliphatic heterocycles. The van der Waals surface area contributed by atoms with Crippen molar-refractivity contribution in [2.45, 2.75) is 19.4 Å². The van der Waals surface area contributed by atoms with Crippen LogP contribution >= 0.6 is 15.9 Å². The van der Waals surface area contributed by atoms with Gasteiger partial charge >= 0.3 is 0 Å². The first-order valence-electron chi connectivity index (χ1n) is 8.68. The highest BCUT2D eigenvalue weighted by atomic mass is 79.9. The van der Waals surface area contributed by atoms with Gasteiger partial charge in [0.25, 0.3) is 5.91 Å². The number of aryl methyl sites for hydroxylation is 1. The van der Waals surface area contributed by atoms with Gasteiger partial charge in [0.2, 0.25) is 0 Å². The van der Waals surface area contributed by atoms with E-state index in [0.29, 0.717) is 13.0 Å². The second kappa shape index (κ2) is 7.44. The Morgan fingerprint density at radius 2 is 2.07 bits per heavy atom. The summed E-state index contributed by atoms with van der Waals surface area (Å²) in [4.78, 5) is 19.3. The van der Waals surface area contributed by atoms with Crippen LogP contribution in [0.3, 0.4) is 0 Å². The number of hydrogen-bond acceptors (Lipinski definition) is 4. The van der Waals surface area contributed by atoms with Crippen molar-refractivity contribution in [2.24, 2.45) is 0 Å². The van der Waals surface area contributed by atoms with E-state index in [4.69, 9.17) is 0 Å². The number of carbonyl (C=O) groups is 1. The summed E-state index contributed by atoms with van der Waals surface area (Å²) in [5.74, 6) is 0.0455. The van der Waals surface area contributed by atoms with E-state index < -0.39 is 0 Å². The van der Waals surface area contributed by atoms with Crippen LogP contribution in [0, 0.1) is 6.92 Å². The van der Waals surface area contributed by atoms with Gasteiger partial charge in [0.05, 0.1) is 17.4 Å². The standard InChI is InChI=1S/C20H18BrN5O/c1-13-17(24-25-23-13)9-5-11-26-19(12-18-16(21)8-4-10-22-18)14-6-2-3-7-15(14)20(26)27/h2-10,19H,11-12H2,1H3,(H,23,24,25)/b9-5+. The number of nitrogens with one attached hydrogen (secondary N) is 1. The average Bonchev–Trinajstić information content (AvgIpc) is 3.20. The zero-order valence-corrected chi connectivity index (χ0v) is 16.3. The van der Waals surface area contributed by atoms with Crippen LogP contribution in [0.5, 0.6) is 0 Å². The summed E-state index contributed by atoms with van der Waals surface area (Å²) in [6.45, 7) is 2.39. The fourth-order valence-electron chi connectivity index (χ4n) is 3.36. The highest BCUT2D eigenvalue weighted by Crippen LogP contribution is 2.36. The number of amides is 1. The lowest BCUT2D eigenvalue weighted by molar-refractivity contribution is 0.0747. The fourth-order valence-corrected chi connectivity index (χ4v) is 3.77. The van der Waals surface area contributed by atoms with Crippen molar-refractivity contribution < 1.29 is 4.79 Å². The van der Waals surface area contributed by atoms with Crippen molar-refractivity contribution in [3.8, 4) is 0 Å². The Morgan fingerprint density at radius 1 is 1.22 bits per heavy atom. The molecule has 0 bridgehead atoms. The van der Waals surface area contributed by atoms with Crippen molar-refractivity contribution in [3.05, 3.63) is 81.4 Å². The zero-order valence-electron chi connectivity index (χ0n) is 14.8. The summed E-state index contributed by atoms with van der Waals surface area (Å²) in [5, 5.41) is 10.7. The molecular formula is C20H18BrN5O. The van der Waals surface area contributed by atoms with Crippen LogP contribution in [-0.2, 0) is 6.42 Å². The molecule has 1 amide bonds. The number of halogens is 1. The molecule has 1 aromatic carbocycles. The summed E-state index contributed by atoms with van der Waals surface area (Å²) < 4.78 is 0.954. The molecule has 0 aliphatic carbocycles. The molecule has 0 saturated carbocycles. The molecule has 2 aromatic heterocycles. The van der Waals surface area contributed by atoms with Crippen molar-refractivity contribution in [1.29, 1.82) is 0 Å². The summed E-state index contributed by atoms with van der Waals surface area (Å²) in [6, 6.07) is 11.6. The van der Waals surface area contributed by atoms with E-state index in [1.807, 2.05) is 60.4 Å². The topological polar surface area (TPSA) is 74.8 Å². The van der Waals surface area contributed by atoms with Gasteiger partial charge in [-0.1, -0.05) is 24.3 Å². The molecule has 0 radical (unpaired) electrons. The number of nitrogens with zero attached hydrogens (tertiary/aromatic N) is 4. The molecule has 3 aromatic rings. The maximum atomic E-state index is 13.0. The van der Waals surface area contributed by atoms with E-state index in [0.717, 1.165) is 32.7 Å². The van der Waals surface area contributed by atoms with Gasteiger partial charge in [0, 0.05) is 29.2 Å². The van der Waals surface area contributed by atoms with Gasteiger partial charge in [-0.25, -0.2) is 0 Å². The molecule has 0 spiro atoms. The van der Waals surface area contributed by atoms with E-state index in [9.17, 15) is 4.79 Å². The van der Waals surface area contributed by atoms with E-state index >= 15 is 0 Å². The van der Waals surface area contributed by atoms with Gasteiger partial charge in [0.1, 0.15) is 5.69 Å². The van der Waals surface area contributed by atoms with Crippen molar-refractivity contribution in [1.82, 2.24) is 25.3 Å². The number of benzene rings is 1. The Morgan fingerprint density at radius 3 is 2.85 bits per heavy atom. The Bertz CT molecular complexity index is 1010. The van der Waals surface area contributed by atoms with Crippen LogP contribution in [-0.4, -0.2) is 37.7 Å². The summed E-state index contributed by atoms with van der Waals surface area (Å²) in [7, 11) is 0. The lowest BCUT2D eigenvalue weighted by atomic mass is 10.0. The Balaban J connectivity index is 1.62. The number of aromatic amines is 1. The van der Waals surface area contributed by atoms with Crippen LogP contribution in [0.25, 0.3) is 6.08 Å². The van der Waals surface area contributed by atoms with Gasteiger partial charge in [-0.05, 0) is 52.7 Å². The molecule has 7 heteroatoms. The number of aromatic nitrogens is 4. The molecule has 1 aliphatic rings. The maximum Gasteiger partial charge on any atom is 0.255 e. The molecule has 4 rings (SSSR count). The minimum Gasteiger partial charge on any atom is -0.327 e. The molecule has 6 nitrogen and oxygen atoms in total. The molecule has 1 N–H and O–H groups in total. The monoisotopic (exact) mass is 423 g/mol. The first kappa shape index (κ1) is 17.6. The second-order valence-electron chi connectivity index (χ2n) is 6.39. The fraction of sp³-hybridized carbons (Fsp3) is 0.200. The third kappa shape index (κ3) is 3.42. The zero-order chi connectivity index (χ0) is 18.8. The summed E-state index contributed by atoms with van der Waals surface area (Å²) in [5.41, 5.74) is 4.36. The highest BCUT2D eigenvalue weighted by Gasteiger charge is 2.36. The SMILES string of the molecule is Cc1n[nH]nc1/C=C/CN1C(=O)c2ccccc2C1Cc1ncccc1Br. The van der Waals surface area contributed by atoms with Crippen LogP contribution in [0.1, 0.15) is 39.0 Å². The number of carbonyl (C=O) groups excluding carboxylic acids is 1. The predicted octanol–water partition coefficient (Wildman–Crippen LogP) is 3.72. The Kier molecular flexibility index (Phi) is 4.85. The van der Waals surface area contributed by atoms with Gasteiger partial charge in [-0.15, -0.1) is 0 Å². The quantitative estimate of drug-likeness (QED) is 0.678. The van der Waals surface area contributed by atoms with E-state index in [1.54, 1.807) is 6.20 Å². The van der Waals surface area contributed by atoms with Gasteiger partial charge < -0.3 is 4.90 Å². The number of pyridine rings is 1. The molecular weight excluding hydrogens is 406 g/mol. The summed E-state index contributed by atoms with van der Waals surface area (Å²) >= 11 is 3.57. The highest BCUT2D eigenvalue weighted by molar-refractivity contribution is 9.10. The van der Waals surface area contributed by atoms with Crippen LogP contribution in [0.2, 0.25) is 0 Å². The number of fused-ring (bicyclic) bond motifs is 1. The summed E-state index contributed by atoms with van der Waals surface area (Å²) in [6.07, 6.45) is 6.28. The predicted molar refractivity (Wildman–Crippen MR) is 106 cm³/mol. The normalized spacial score (nSPS) is 16.3. The van der Waals surface area contributed by atoms with Crippen molar-refractivity contribution in [2.75, 3.05) is 6.54 Å². The largest absolute Gasteiger partial charge is 0.327 e. The van der Waals surface area contributed by atoms with Crippen LogP contribution in [0.4, 0.5) is 0 Å². The number of H-pyrrole nitrogens is 1. The smallest absolute Gasteiger partial charge is 0.255 e. The van der Waals surface area contributed by atoms with Crippen molar-refractivity contribution >= 4 is 27.9 Å². The van der Waals surface area contributed by atoms with Gasteiger partial charge in [-0.3, -0.25) is 9.78 Å². The Hall–Kier alpha value is -2.80. The molecule has 1 unspecified atom stereocenters. The average molecular weight is 424 g/mol. The lowest BCUT2D eigenvalue weighted by Crippen LogP contribution is -2.29. The van der Waals surface area contributed by atoms with Crippen LogP contribution in [0.15, 0.2) is 53.1 Å². The Labute approximate surface area is 165 Å². The molecule has 27 heavy (non-hydrogen) atoms. The number of rotatable bonds is 5. The first-order chi connectivity index (χ1) is 13.1. The van der Waals surface area contributed by atoms with E-state index in [2.05, 4.69) is 36.3 Å². The number of hydrogen-bond donors (Lipinski definition) is 1. The lowest BCUT2D eigenvalue weighted by Gasteiger charge is -2.24. The van der Waals surface area contributed by atoms with Crippen molar-refractivity contribution in [3.63, 3.8) is 0 Å². The minimum atomic E-state index is -0.0528. The first-order valence-corrected chi connectivity index (χ1v) is 9.47. The molecule has 136 valence electrons. The van der Waals surface area contributed by atoms with E-state index in [-0.39, 0.29) is 11.9 Å². The minimum absolute atomic E-state index is 0.0455.